The molecular weight excluding hydrogens is 376 g/mol. The minimum Gasteiger partial charge on any atom is -0.469 e. The third-order valence-corrected chi connectivity index (χ3v) is 6.21. The Morgan fingerprint density at radius 1 is 1.13 bits per heavy atom. The van der Waals surface area contributed by atoms with Crippen LogP contribution in [0.1, 0.15) is 70.6 Å². The van der Waals surface area contributed by atoms with Gasteiger partial charge in [0.25, 0.3) is 0 Å². The van der Waals surface area contributed by atoms with Crippen molar-refractivity contribution in [3.05, 3.63) is 63.8 Å². The average molecular weight is 409 g/mol. The number of rotatable bonds is 4. The monoisotopic (exact) mass is 408 g/mol. The molecule has 1 heterocycles. The summed E-state index contributed by atoms with van der Waals surface area (Å²) in [6, 6.07) is 4.09. The topological polar surface area (TPSA) is 52.6 Å². The lowest BCUT2D eigenvalue weighted by atomic mass is 9.81. The van der Waals surface area contributed by atoms with E-state index in [4.69, 9.17) is 9.47 Å². The van der Waals surface area contributed by atoms with Gasteiger partial charge >= 0.3 is 11.9 Å². The highest BCUT2D eigenvalue weighted by molar-refractivity contribution is 5.91. The fourth-order valence-electron chi connectivity index (χ4n) is 4.04. The average Bonchev–Trinajstić information content (AvgIpc) is 2.95. The zero-order chi connectivity index (χ0) is 22.2. The summed E-state index contributed by atoms with van der Waals surface area (Å²) in [4.78, 5) is 24.7. The van der Waals surface area contributed by atoms with E-state index in [9.17, 15) is 9.59 Å². The molecule has 0 saturated carbocycles. The van der Waals surface area contributed by atoms with Crippen LogP contribution < -0.4 is 4.74 Å². The van der Waals surface area contributed by atoms with E-state index in [1.54, 1.807) is 0 Å². The number of allylic oxidation sites excluding steroid dienone is 5. The van der Waals surface area contributed by atoms with Gasteiger partial charge in [0.2, 0.25) is 0 Å². The van der Waals surface area contributed by atoms with Crippen LogP contribution in [-0.2, 0) is 26.2 Å². The number of ether oxygens (including phenoxy) is 2. The summed E-state index contributed by atoms with van der Waals surface area (Å²) in [7, 11) is 1.40. The molecule has 2 atom stereocenters. The van der Waals surface area contributed by atoms with Crippen molar-refractivity contribution in [1.82, 2.24) is 0 Å². The fraction of sp³-hybridized carbons (Fsp3) is 0.462. The molecule has 4 nitrogen and oxygen atoms in total. The molecule has 1 aromatic rings. The number of carbonyl (C=O) groups excluding carboxylic acids is 2. The summed E-state index contributed by atoms with van der Waals surface area (Å²) in [6.07, 6.45) is 7.13. The van der Waals surface area contributed by atoms with Crippen molar-refractivity contribution in [3.8, 4) is 5.75 Å². The lowest BCUT2D eigenvalue weighted by Crippen LogP contribution is -2.14. The summed E-state index contributed by atoms with van der Waals surface area (Å²) in [6.45, 7) is 12.7. The van der Waals surface area contributed by atoms with E-state index < -0.39 is 5.92 Å². The van der Waals surface area contributed by atoms with Crippen LogP contribution in [0.3, 0.4) is 0 Å². The first-order chi connectivity index (χ1) is 14.0. The maximum absolute atomic E-state index is 13.0. The molecule has 1 aromatic carbocycles. The first-order valence-electron chi connectivity index (χ1n) is 10.5. The first kappa shape index (κ1) is 22.1. The molecule has 3 rings (SSSR count). The maximum atomic E-state index is 13.0. The Kier molecular flexibility index (Phi) is 6.07. The number of hydrogen-bond donors (Lipinski definition) is 0. The Morgan fingerprint density at radius 2 is 1.83 bits per heavy atom. The molecule has 1 aliphatic heterocycles. The van der Waals surface area contributed by atoms with Gasteiger partial charge in [0.05, 0.1) is 7.11 Å². The molecule has 0 fully saturated rings. The van der Waals surface area contributed by atoms with Gasteiger partial charge in [-0.05, 0) is 42.7 Å². The molecule has 0 amide bonds. The van der Waals surface area contributed by atoms with Crippen molar-refractivity contribution in [2.45, 2.75) is 65.7 Å². The minimum atomic E-state index is -0.455. The van der Waals surface area contributed by atoms with Gasteiger partial charge in [0.1, 0.15) is 11.7 Å². The van der Waals surface area contributed by atoms with E-state index in [2.05, 4.69) is 59.8 Å². The maximum Gasteiger partial charge on any atom is 0.323 e. The van der Waals surface area contributed by atoms with Gasteiger partial charge in [-0.3, -0.25) is 9.59 Å². The molecule has 0 aromatic heterocycles. The molecule has 0 spiro atoms. The van der Waals surface area contributed by atoms with E-state index in [1.165, 1.54) is 18.3 Å². The molecule has 4 heteroatoms. The van der Waals surface area contributed by atoms with Gasteiger partial charge in [0, 0.05) is 17.5 Å². The summed E-state index contributed by atoms with van der Waals surface area (Å²) in [5.74, 6) is 0.0766. The van der Waals surface area contributed by atoms with Gasteiger partial charge in [-0.2, -0.15) is 0 Å². The van der Waals surface area contributed by atoms with Gasteiger partial charge in [0.15, 0.2) is 0 Å². The van der Waals surface area contributed by atoms with Crippen LogP contribution in [0.25, 0.3) is 0 Å². The number of fused-ring (bicyclic) bond motifs is 1. The van der Waals surface area contributed by atoms with Crippen LogP contribution in [-0.4, -0.2) is 19.0 Å². The molecule has 2 aliphatic rings. The van der Waals surface area contributed by atoms with Crippen molar-refractivity contribution in [2.75, 3.05) is 7.11 Å². The number of carbonyl (C=O) groups is 2. The van der Waals surface area contributed by atoms with Crippen molar-refractivity contribution < 1.29 is 19.1 Å². The Labute approximate surface area is 179 Å². The Balaban J connectivity index is 2.12. The highest BCUT2D eigenvalue weighted by Gasteiger charge is 2.39. The minimum absolute atomic E-state index is 0.199. The second-order valence-corrected chi connectivity index (χ2v) is 9.43. The Hall–Kier alpha value is -2.62. The molecular formula is C26H32O4. The van der Waals surface area contributed by atoms with Gasteiger partial charge < -0.3 is 9.47 Å². The lowest BCUT2D eigenvalue weighted by Gasteiger charge is -2.23. The van der Waals surface area contributed by atoms with Crippen LogP contribution in [0, 0.1) is 5.92 Å². The zero-order valence-electron chi connectivity index (χ0n) is 19.1. The third kappa shape index (κ3) is 4.28. The van der Waals surface area contributed by atoms with Crippen molar-refractivity contribution in [2.24, 2.45) is 5.92 Å². The standard InChI is InChI=1S/C26H32O4/c1-15-8-10-19(12-16(2)17(15)3)23-20-13-18(9-11-22(27)29-7)14-21(26(4,5)6)24(20)30-25(23)28/h8,10,12-14,17,23H,9,11H2,1-7H3. The SMILES string of the molecule is COC(=O)CCc1cc2c(c(C(C)(C)C)c1)OC(=O)C2C1=CC=C(C)C(C)C(C)=C1. The zero-order valence-corrected chi connectivity index (χ0v) is 19.1. The molecule has 2 unspecified atom stereocenters. The fourth-order valence-corrected chi connectivity index (χ4v) is 4.04. The van der Waals surface area contributed by atoms with E-state index in [-0.39, 0.29) is 17.4 Å². The van der Waals surface area contributed by atoms with Crippen LogP contribution in [0.5, 0.6) is 5.75 Å². The predicted octanol–water partition coefficient (Wildman–Crippen LogP) is 5.56. The van der Waals surface area contributed by atoms with Crippen LogP contribution in [0.15, 0.2) is 47.1 Å². The predicted molar refractivity (Wildman–Crippen MR) is 119 cm³/mol. The number of hydrogen-bond acceptors (Lipinski definition) is 4. The summed E-state index contributed by atoms with van der Waals surface area (Å²) < 4.78 is 10.6. The Morgan fingerprint density at radius 3 is 2.47 bits per heavy atom. The summed E-state index contributed by atoms with van der Waals surface area (Å²) >= 11 is 0. The Bertz CT molecular complexity index is 969. The molecule has 0 N–H and O–H groups in total. The second-order valence-electron chi connectivity index (χ2n) is 9.43. The molecule has 0 saturated heterocycles. The quantitative estimate of drug-likeness (QED) is 0.483. The number of aryl methyl sites for hydroxylation is 1. The van der Waals surface area contributed by atoms with Crippen molar-refractivity contribution in [3.63, 3.8) is 0 Å². The smallest absolute Gasteiger partial charge is 0.323 e. The first-order valence-corrected chi connectivity index (χ1v) is 10.5. The summed E-state index contributed by atoms with van der Waals surface area (Å²) in [5, 5.41) is 0. The second kappa shape index (κ2) is 8.25. The summed E-state index contributed by atoms with van der Waals surface area (Å²) in [5.41, 5.74) is 6.15. The van der Waals surface area contributed by atoms with E-state index in [1.807, 2.05) is 12.1 Å². The van der Waals surface area contributed by atoms with Crippen LogP contribution in [0.4, 0.5) is 0 Å². The highest BCUT2D eigenvalue weighted by Crippen LogP contribution is 2.47. The molecule has 160 valence electrons. The molecule has 0 bridgehead atoms. The van der Waals surface area contributed by atoms with E-state index in [0.717, 1.165) is 22.3 Å². The van der Waals surface area contributed by atoms with Gasteiger partial charge in [-0.25, -0.2) is 0 Å². The van der Waals surface area contributed by atoms with Gasteiger partial charge in [-0.1, -0.05) is 69.2 Å². The third-order valence-electron chi connectivity index (χ3n) is 6.21. The molecule has 0 radical (unpaired) electrons. The van der Waals surface area contributed by atoms with Crippen molar-refractivity contribution >= 4 is 11.9 Å². The number of benzene rings is 1. The van der Waals surface area contributed by atoms with E-state index in [0.29, 0.717) is 24.5 Å². The van der Waals surface area contributed by atoms with Crippen molar-refractivity contribution in [1.29, 1.82) is 0 Å². The van der Waals surface area contributed by atoms with Gasteiger partial charge in [-0.15, -0.1) is 0 Å². The largest absolute Gasteiger partial charge is 0.469 e. The molecule has 30 heavy (non-hydrogen) atoms. The van der Waals surface area contributed by atoms with E-state index >= 15 is 0 Å². The van der Waals surface area contributed by atoms with Crippen LogP contribution >= 0.6 is 0 Å². The molecule has 1 aliphatic carbocycles. The number of esters is 2. The lowest BCUT2D eigenvalue weighted by molar-refractivity contribution is -0.140. The normalized spacial score (nSPS) is 21.2. The number of methoxy groups -OCH3 is 1. The van der Waals surface area contributed by atoms with Crippen LogP contribution in [0.2, 0.25) is 0 Å². The highest BCUT2D eigenvalue weighted by atomic mass is 16.5.